The highest BCUT2D eigenvalue weighted by Gasteiger charge is 2.38. The Balaban J connectivity index is 1.59. The highest BCUT2D eigenvalue weighted by molar-refractivity contribution is 5.95. The van der Waals surface area contributed by atoms with E-state index in [0.29, 0.717) is 61.7 Å². The van der Waals surface area contributed by atoms with Crippen LogP contribution in [0, 0.1) is 5.82 Å². The number of nitrogens with zero attached hydrogens (tertiary/aromatic N) is 3. The lowest BCUT2D eigenvalue weighted by atomic mass is 9.94. The van der Waals surface area contributed by atoms with Gasteiger partial charge in [0.15, 0.2) is 0 Å². The Bertz CT molecular complexity index is 1130. The van der Waals surface area contributed by atoms with E-state index in [2.05, 4.69) is 10.2 Å². The van der Waals surface area contributed by atoms with E-state index in [1.165, 1.54) is 12.1 Å². The number of benzene rings is 2. The molecule has 190 valence electrons. The number of rotatable bonds is 7. The van der Waals surface area contributed by atoms with E-state index >= 15 is 0 Å². The van der Waals surface area contributed by atoms with Gasteiger partial charge in [-0.05, 0) is 43.7 Å². The fourth-order valence-corrected chi connectivity index (χ4v) is 4.65. The van der Waals surface area contributed by atoms with Crippen molar-refractivity contribution in [1.29, 1.82) is 0 Å². The van der Waals surface area contributed by atoms with E-state index in [-0.39, 0.29) is 18.5 Å². The molecule has 0 spiro atoms. The Morgan fingerprint density at radius 1 is 1.00 bits per heavy atom. The highest BCUT2D eigenvalue weighted by Crippen LogP contribution is 2.32. The lowest BCUT2D eigenvalue weighted by Crippen LogP contribution is -2.53. The molecule has 9 heteroatoms. The quantitative estimate of drug-likeness (QED) is 0.598. The lowest BCUT2D eigenvalue weighted by Gasteiger charge is -2.40. The van der Waals surface area contributed by atoms with Crippen LogP contribution in [0.3, 0.4) is 0 Å². The number of piperazine rings is 1. The van der Waals surface area contributed by atoms with Crippen LogP contribution < -0.4 is 5.32 Å². The van der Waals surface area contributed by atoms with Gasteiger partial charge in [-0.3, -0.25) is 14.6 Å². The Morgan fingerprint density at radius 2 is 1.67 bits per heavy atom. The zero-order chi connectivity index (χ0) is 25.7. The van der Waals surface area contributed by atoms with Gasteiger partial charge >= 0.3 is 12.0 Å². The number of likely N-dealkylation sites (N-methyl/N-ethyl adjacent to an activating group) is 1. The number of carbonyl (C=O) groups is 3. The van der Waals surface area contributed by atoms with Crippen LogP contribution in [0.4, 0.5) is 9.18 Å². The molecule has 0 unspecified atom stereocenters. The molecule has 0 aliphatic carbocycles. The van der Waals surface area contributed by atoms with Gasteiger partial charge in [0, 0.05) is 50.5 Å². The molecule has 2 heterocycles. The van der Waals surface area contributed by atoms with Crippen LogP contribution in [0.5, 0.6) is 0 Å². The first-order chi connectivity index (χ1) is 17.4. The van der Waals surface area contributed by atoms with Crippen LogP contribution in [0.15, 0.2) is 65.9 Å². The van der Waals surface area contributed by atoms with Crippen molar-refractivity contribution in [2.75, 3.05) is 45.9 Å². The van der Waals surface area contributed by atoms with Gasteiger partial charge in [-0.25, -0.2) is 14.0 Å². The predicted octanol–water partition coefficient (Wildman–Crippen LogP) is 3.19. The third-order valence-electron chi connectivity index (χ3n) is 6.51. The molecule has 36 heavy (non-hydrogen) atoms. The maximum atomic E-state index is 13.6. The van der Waals surface area contributed by atoms with Crippen molar-refractivity contribution >= 4 is 17.9 Å². The van der Waals surface area contributed by atoms with Crippen molar-refractivity contribution in [3.8, 4) is 0 Å². The van der Waals surface area contributed by atoms with Crippen LogP contribution in [-0.4, -0.2) is 78.5 Å². The summed E-state index contributed by atoms with van der Waals surface area (Å²) in [5.41, 5.74) is 2.16. The normalized spacial score (nSPS) is 18.8. The van der Waals surface area contributed by atoms with Gasteiger partial charge in [-0.1, -0.05) is 30.3 Å². The standard InChI is InChI=1S/C27H31FN4O4/c1-3-32-22(18-30-14-16-31(17-15-30)25(33)20-8-6-5-7-9-20)23(26(34)36-4-2)24(29-27(32)35)19-10-12-21(28)13-11-19/h5-13,24H,3-4,14-18H2,1-2H3,(H,29,35)/t24-/m1/s1. The van der Waals surface area contributed by atoms with E-state index in [9.17, 15) is 18.8 Å². The highest BCUT2D eigenvalue weighted by atomic mass is 19.1. The molecule has 1 saturated heterocycles. The molecule has 0 aromatic heterocycles. The summed E-state index contributed by atoms with van der Waals surface area (Å²) in [6.45, 7) is 6.74. The second-order valence-electron chi connectivity index (χ2n) is 8.69. The third-order valence-corrected chi connectivity index (χ3v) is 6.51. The average molecular weight is 495 g/mol. The first kappa shape index (κ1) is 25.4. The van der Waals surface area contributed by atoms with Crippen LogP contribution >= 0.6 is 0 Å². The summed E-state index contributed by atoms with van der Waals surface area (Å²) in [5, 5.41) is 2.88. The van der Waals surface area contributed by atoms with Crippen LogP contribution in [-0.2, 0) is 9.53 Å². The lowest BCUT2D eigenvalue weighted by molar-refractivity contribution is -0.139. The fraction of sp³-hybridized carbons (Fsp3) is 0.370. The average Bonchev–Trinajstić information content (AvgIpc) is 2.89. The van der Waals surface area contributed by atoms with Crippen molar-refractivity contribution in [3.05, 3.63) is 82.8 Å². The molecular formula is C27H31FN4O4. The van der Waals surface area contributed by atoms with E-state index < -0.39 is 17.8 Å². The minimum atomic E-state index is -0.754. The first-order valence-corrected chi connectivity index (χ1v) is 12.2. The molecule has 0 bridgehead atoms. The number of carbonyl (C=O) groups excluding carboxylic acids is 3. The molecular weight excluding hydrogens is 463 g/mol. The number of amides is 3. The summed E-state index contributed by atoms with van der Waals surface area (Å²) in [6, 6.07) is 13.8. The van der Waals surface area contributed by atoms with Crippen LogP contribution in [0.2, 0.25) is 0 Å². The molecule has 2 aromatic rings. The second-order valence-corrected chi connectivity index (χ2v) is 8.69. The fourth-order valence-electron chi connectivity index (χ4n) is 4.65. The SMILES string of the molecule is CCOC(=O)C1=C(CN2CCN(C(=O)c3ccccc3)CC2)N(CC)C(=O)N[C@@H]1c1ccc(F)cc1. The zero-order valence-electron chi connectivity index (χ0n) is 20.6. The molecule has 2 aliphatic heterocycles. The predicted molar refractivity (Wildman–Crippen MR) is 132 cm³/mol. The van der Waals surface area contributed by atoms with Gasteiger partial charge in [0.2, 0.25) is 0 Å². The van der Waals surface area contributed by atoms with E-state index in [4.69, 9.17) is 4.74 Å². The largest absolute Gasteiger partial charge is 0.463 e. The first-order valence-electron chi connectivity index (χ1n) is 12.2. The van der Waals surface area contributed by atoms with E-state index in [0.717, 1.165) is 0 Å². The van der Waals surface area contributed by atoms with Crippen LogP contribution in [0.25, 0.3) is 0 Å². The summed E-state index contributed by atoms with van der Waals surface area (Å²) in [5.74, 6) is -0.927. The molecule has 3 amide bonds. The van der Waals surface area contributed by atoms with Crippen molar-refractivity contribution in [3.63, 3.8) is 0 Å². The van der Waals surface area contributed by atoms with Gasteiger partial charge in [0.05, 0.1) is 18.2 Å². The molecule has 2 aromatic carbocycles. The van der Waals surface area contributed by atoms with Gasteiger partial charge < -0.3 is 15.0 Å². The van der Waals surface area contributed by atoms with Crippen molar-refractivity contribution in [2.45, 2.75) is 19.9 Å². The number of hydrogen-bond acceptors (Lipinski definition) is 5. The molecule has 0 saturated carbocycles. The molecule has 0 radical (unpaired) electrons. The topological polar surface area (TPSA) is 82.2 Å². The Hall–Kier alpha value is -3.72. The summed E-state index contributed by atoms with van der Waals surface area (Å²) in [4.78, 5) is 44.5. The molecule has 2 aliphatic rings. The van der Waals surface area contributed by atoms with Crippen molar-refractivity contribution in [1.82, 2.24) is 20.0 Å². The molecule has 4 rings (SSSR count). The van der Waals surface area contributed by atoms with Crippen molar-refractivity contribution < 1.29 is 23.5 Å². The number of ether oxygens (including phenoxy) is 1. The minimum Gasteiger partial charge on any atom is -0.463 e. The number of nitrogens with one attached hydrogen (secondary N) is 1. The van der Waals surface area contributed by atoms with Gasteiger partial charge in [-0.2, -0.15) is 0 Å². The number of urea groups is 1. The smallest absolute Gasteiger partial charge is 0.338 e. The second kappa shape index (κ2) is 11.3. The molecule has 1 atom stereocenters. The minimum absolute atomic E-state index is 0.00900. The van der Waals surface area contributed by atoms with E-state index in [1.54, 1.807) is 36.1 Å². The van der Waals surface area contributed by atoms with Crippen LogP contribution in [0.1, 0.15) is 35.8 Å². The zero-order valence-corrected chi connectivity index (χ0v) is 20.6. The number of hydrogen-bond donors (Lipinski definition) is 1. The Morgan fingerprint density at radius 3 is 2.28 bits per heavy atom. The summed E-state index contributed by atoms with van der Waals surface area (Å²) < 4.78 is 19.0. The number of halogens is 1. The summed E-state index contributed by atoms with van der Waals surface area (Å²) >= 11 is 0. The van der Waals surface area contributed by atoms with Crippen molar-refractivity contribution in [2.24, 2.45) is 0 Å². The molecule has 1 N–H and O–H groups in total. The third kappa shape index (κ3) is 5.41. The number of esters is 1. The van der Waals surface area contributed by atoms with E-state index in [1.807, 2.05) is 30.0 Å². The Labute approximate surface area is 210 Å². The van der Waals surface area contributed by atoms with Gasteiger partial charge in [0.25, 0.3) is 5.91 Å². The molecule has 1 fully saturated rings. The monoisotopic (exact) mass is 494 g/mol. The maximum absolute atomic E-state index is 13.6. The van der Waals surface area contributed by atoms with Gasteiger partial charge in [-0.15, -0.1) is 0 Å². The van der Waals surface area contributed by atoms with Gasteiger partial charge in [0.1, 0.15) is 5.82 Å². The molecule has 8 nitrogen and oxygen atoms in total. The summed E-state index contributed by atoms with van der Waals surface area (Å²) in [6.07, 6.45) is 0. The Kier molecular flexibility index (Phi) is 8.00. The summed E-state index contributed by atoms with van der Waals surface area (Å²) in [7, 11) is 0. The maximum Gasteiger partial charge on any atom is 0.338 e.